The molecule has 0 saturated heterocycles. The Kier molecular flexibility index (Phi) is 14.0. The molecule has 39 heavy (non-hydrogen) atoms. The lowest BCUT2D eigenvalue weighted by Crippen LogP contribution is -2.44. The number of hydrogen-bond donors (Lipinski definition) is 0. The van der Waals surface area contributed by atoms with Crippen molar-refractivity contribution in [1.82, 2.24) is 0 Å². The highest BCUT2D eigenvalue weighted by Gasteiger charge is 2.67. The Hall–Kier alpha value is 1.18. The largest absolute Gasteiger partial charge is 0.460 e. The summed E-state index contributed by atoms with van der Waals surface area (Å²) in [5.74, 6) is 2.18. The topological polar surface area (TPSA) is 27.7 Å². The van der Waals surface area contributed by atoms with Gasteiger partial charge in [-0.2, -0.15) is 0 Å². The van der Waals surface area contributed by atoms with Crippen LogP contribution < -0.4 is 0 Å². The lowest BCUT2D eigenvalue weighted by molar-refractivity contribution is 0.235. The second-order valence-electron chi connectivity index (χ2n) is 17.8. The molecule has 0 aromatic rings. The number of rotatable bonds is 19. The molecule has 0 aliphatic heterocycles. The lowest BCUT2D eigenvalue weighted by atomic mass is 9.99. The van der Waals surface area contributed by atoms with Crippen LogP contribution in [-0.2, 0) is 13.0 Å². The first kappa shape index (κ1) is 38.2. The molecule has 234 valence electrons. The first-order chi connectivity index (χ1) is 17.4. The zero-order chi connectivity index (χ0) is 30.7. The Labute approximate surface area is 254 Å². The van der Waals surface area contributed by atoms with Gasteiger partial charge in [-0.25, -0.2) is 0 Å². The summed E-state index contributed by atoms with van der Waals surface area (Å²) in [4.78, 5) is 0. The Morgan fingerprint density at radius 3 is 1.62 bits per heavy atom. The molecule has 0 heterocycles. The molecule has 1 saturated carbocycles. The highest BCUT2D eigenvalue weighted by molar-refractivity contribution is 6.80. The lowest BCUT2D eigenvalue weighted by Gasteiger charge is -2.41. The Bertz CT molecular complexity index is 735. The van der Waals surface area contributed by atoms with Gasteiger partial charge in [-0.3, -0.25) is 0 Å². The molecular formula is C30H72O3Si6. The van der Waals surface area contributed by atoms with Crippen molar-refractivity contribution in [2.24, 2.45) is 17.8 Å². The summed E-state index contributed by atoms with van der Waals surface area (Å²) in [5.41, 5.74) is 1.68. The average molecular weight is 649 g/mol. The minimum atomic E-state index is -1.75. The molecule has 1 aliphatic carbocycles. The van der Waals surface area contributed by atoms with Crippen LogP contribution in [0.1, 0.15) is 46.0 Å². The molecule has 6 atom stereocenters. The van der Waals surface area contributed by atoms with Crippen LogP contribution in [0.15, 0.2) is 0 Å². The van der Waals surface area contributed by atoms with E-state index in [1.807, 2.05) is 0 Å². The van der Waals surface area contributed by atoms with Crippen LogP contribution in [0.2, 0.25) is 114 Å². The summed E-state index contributed by atoms with van der Waals surface area (Å²) in [6.07, 6.45) is 6.95. The fourth-order valence-electron chi connectivity index (χ4n) is 7.80. The van der Waals surface area contributed by atoms with Gasteiger partial charge < -0.3 is 13.0 Å². The summed E-state index contributed by atoms with van der Waals surface area (Å²) in [7, 11) is -7.73. The third-order valence-electron chi connectivity index (χ3n) is 9.63. The molecule has 0 bridgehead atoms. The Morgan fingerprint density at radius 2 is 1.21 bits per heavy atom. The molecule has 1 rings (SSSR count). The molecular weight excluding hydrogens is 577 g/mol. The van der Waals surface area contributed by atoms with E-state index in [-0.39, 0.29) is 0 Å². The van der Waals surface area contributed by atoms with Crippen LogP contribution >= 0.6 is 0 Å². The molecule has 0 amide bonds. The third-order valence-corrected chi connectivity index (χ3v) is 25.0. The zero-order valence-electron chi connectivity index (χ0n) is 29.8. The first-order valence-corrected chi connectivity index (χ1v) is 35.2. The molecule has 0 aromatic carbocycles. The predicted molar refractivity (Wildman–Crippen MR) is 193 cm³/mol. The SMILES string of the molecule is C[SiH2]O[Si](C)(C)C1(CCCCC(C(C)CO[Si](C)(C)C)[Si](C)(C)C)CC1C(C(C)CO[Si](C)(C)C)[Si](C)(C)C. The molecule has 1 aliphatic rings. The van der Waals surface area contributed by atoms with Crippen LogP contribution in [-0.4, -0.2) is 64.1 Å². The second-order valence-corrected chi connectivity index (χ2v) is 43.5. The van der Waals surface area contributed by atoms with E-state index in [1.54, 1.807) is 0 Å². The van der Waals surface area contributed by atoms with Gasteiger partial charge in [0, 0.05) is 29.4 Å². The van der Waals surface area contributed by atoms with Crippen molar-refractivity contribution in [2.45, 2.75) is 160 Å². The number of unbranched alkanes of at least 4 members (excludes halogenated alkanes) is 1. The van der Waals surface area contributed by atoms with Crippen molar-refractivity contribution in [2.75, 3.05) is 13.2 Å². The van der Waals surface area contributed by atoms with E-state index in [4.69, 9.17) is 13.0 Å². The van der Waals surface area contributed by atoms with Crippen LogP contribution in [0.5, 0.6) is 0 Å². The van der Waals surface area contributed by atoms with E-state index >= 15 is 0 Å². The van der Waals surface area contributed by atoms with E-state index in [2.05, 4.69) is 112 Å². The quantitative estimate of drug-likeness (QED) is 0.103. The molecule has 3 nitrogen and oxygen atoms in total. The van der Waals surface area contributed by atoms with Crippen molar-refractivity contribution >= 4 is 50.9 Å². The van der Waals surface area contributed by atoms with Gasteiger partial charge >= 0.3 is 0 Å². The van der Waals surface area contributed by atoms with Crippen LogP contribution in [0.3, 0.4) is 0 Å². The molecule has 1 fully saturated rings. The maximum Gasteiger partial charge on any atom is 0.183 e. The fraction of sp³-hybridized carbons (Fsp3) is 1.00. The number of hydrogen-bond acceptors (Lipinski definition) is 3. The average Bonchev–Trinajstić information content (AvgIpc) is 3.43. The molecule has 0 radical (unpaired) electrons. The monoisotopic (exact) mass is 648 g/mol. The molecule has 0 aromatic heterocycles. The van der Waals surface area contributed by atoms with Gasteiger partial charge in [0.25, 0.3) is 0 Å². The van der Waals surface area contributed by atoms with Crippen molar-refractivity contribution in [1.29, 1.82) is 0 Å². The third kappa shape index (κ3) is 12.0. The van der Waals surface area contributed by atoms with Crippen LogP contribution in [0, 0.1) is 17.8 Å². The Morgan fingerprint density at radius 1 is 0.718 bits per heavy atom. The maximum absolute atomic E-state index is 6.84. The highest BCUT2D eigenvalue weighted by Crippen LogP contribution is 2.75. The summed E-state index contributed by atoms with van der Waals surface area (Å²) in [6, 6.07) is 0. The van der Waals surface area contributed by atoms with E-state index in [1.165, 1.54) is 32.1 Å². The normalized spacial score (nSPS) is 24.7. The van der Waals surface area contributed by atoms with Gasteiger partial charge in [-0.05, 0) is 99.1 Å². The molecule has 0 spiro atoms. The first-order valence-electron chi connectivity index (χ1n) is 16.3. The van der Waals surface area contributed by atoms with Crippen LogP contribution in [0.4, 0.5) is 0 Å². The van der Waals surface area contributed by atoms with Crippen molar-refractivity contribution in [3.8, 4) is 0 Å². The summed E-state index contributed by atoms with van der Waals surface area (Å²) >= 11 is 0. The highest BCUT2D eigenvalue weighted by atomic mass is 28.4. The second kappa shape index (κ2) is 14.3. The van der Waals surface area contributed by atoms with Gasteiger partial charge in [0.15, 0.2) is 25.0 Å². The zero-order valence-corrected chi connectivity index (χ0v) is 36.2. The van der Waals surface area contributed by atoms with Crippen molar-refractivity contribution in [3.63, 3.8) is 0 Å². The van der Waals surface area contributed by atoms with Gasteiger partial charge in [0.1, 0.15) is 9.76 Å². The fourth-order valence-corrected chi connectivity index (χ4v) is 22.4. The van der Waals surface area contributed by atoms with Crippen molar-refractivity contribution < 1.29 is 13.0 Å². The van der Waals surface area contributed by atoms with Gasteiger partial charge in [-0.15, -0.1) is 0 Å². The minimum Gasteiger partial charge on any atom is -0.460 e. The maximum atomic E-state index is 6.84. The van der Waals surface area contributed by atoms with Gasteiger partial charge in [0.2, 0.25) is 0 Å². The molecule has 6 unspecified atom stereocenters. The van der Waals surface area contributed by atoms with E-state index < -0.39 is 50.9 Å². The summed E-state index contributed by atoms with van der Waals surface area (Å²) in [5, 5.41) is 0.482. The van der Waals surface area contributed by atoms with E-state index in [0.717, 1.165) is 30.2 Å². The minimum absolute atomic E-state index is 0.399. The smallest absolute Gasteiger partial charge is 0.183 e. The molecule has 0 N–H and O–H groups in total. The van der Waals surface area contributed by atoms with Crippen molar-refractivity contribution in [3.05, 3.63) is 0 Å². The van der Waals surface area contributed by atoms with E-state index in [9.17, 15) is 0 Å². The van der Waals surface area contributed by atoms with Gasteiger partial charge in [0.05, 0.1) is 0 Å². The van der Waals surface area contributed by atoms with E-state index in [0.29, 0.717) is 16.9 Å². The summed E-state index contributed by atoms with van der Waals surface area (Å²) in [6.45, 7) is 44.0. The predicted octanol–water partition coefficient (Wildman–Crippen LogP) is 10.1. The Balaban J connectivity index is 3.05. The van der Waals surface area contributed by atoms with Crippen LogP contribution in [0.25, 0.3) is 0 Å². The summed E-state index contributed by atoms with van der Waals surface area (Å²) < 4.78 is 19.7. The van der Waals surface area contributed by atoms with Gasteiger partial charge in [-0.1, -0.05) is 78.9 Å². The molecule has 9 heteroatoms. The standard InChI is InChI=1S/C30H72O3Si6/c1-25(23-31-37(10,11)12)28(35(4,5)6)20-18-19-21-30(39(16,17)33-34-3)22-27(30)29(36(7,8)9)26(2)24-32-38(13,14)15/h25-29H,18-24,34H2,1-17H3.